The second-order valence-corrected chi connectivity index (χ2v) is 6.03. The van der Waals surface area contributed by atoms with Gasteiger partial charge in [-0.3, -0.25) is 4.79 Å². The Morgan fingerprint density at radius 2 is 1.88 bits per heavy atom. The fourth-order valence-corrected chi connectivity index (χ4v) is 2.68. The average molecular weight is 341 g/mol. The number of ether oxygens (including phenoxy) is 3. The van der Waals surface area contributed by atoms with Crippen LogP contribution in [0.3, 0.4) is 0 Å². The molecule has 1 heterocycles. The smallest absolute Gasteiger partial charge is 0.260 e. The molecule has 0 aliphatic carbocycles. The lowest BCUT2D eigenvalue weighted by molar-refractivity contribution is -0.134. The maximum absolute atomic E-state index is 12.4. The number of rotatable bonds is 6. The SMILES string of the molecule is CCN(CC1COc2ccccc2O1)C(=O)COc1ccc(C)cc1. The molecule has 1 unspecified atom stereocenters. The van der Waals surface area contributed by atoms with Crippen LogP contribution in [0.15, 0.2) is 48.5 Å². The van der Waals surface area contributed by atoms with E-state index in [1.54, 1.807) is 4.90 Å². The van der Waals surface area contributed by atoms with Crippen molar-refractivity contribution < 1.29 is 19.0 Å². The predicted octanol–water partition coefficient (Wildman–Crippen LogP) is 3.06. The molecule has 0 fully saturated rings. The van der Waals surface area contributed by atoms with E-state index in [-0.39, 0.29) is 18.6 Å². The van der Waals surface area contributed by atoms with Crippen molar-refractivity contribution in [3.05, 3.63) is 54.1 Å². The second kappa shape index (κ2) is 7.92. The van der Waals surface area contributed by atoms with Gasteiger partial charge in [-0.25, -0.2) is 0 Å². The molecule has 0 N–H and O–H groups in total. The molecular formula is C20H23NO4. The number of hydrogen-bond donors (Lipinski definition) is 0. The van der Waals surface area contributed by atoms with Gasteiger partial charge in [0.2, 0.25) is 0 Å². The van der Waals surface area contributed by atoms with Gasteiger partial charge in [0.05, 0.1) is 6.54 Å². The summed E-state index contributed by atoms with van der Waals surface area (Å²) in [6.07, 6.45) is -0.182. The molecule has 0 radical (unpaired) electrons. The van der Waals surface area contributed by atoms with Gasteiger partial charge in [-0.1, -0.05) is 29.8 Å². The van der Waals surface area contributed by atoms with E-state index in [0.29, 0.717) is 25.4 Å². The van der Waals surface area contributed by atoms with Crippen molar-refractivity contribution >= 4 is 5.91 Å². The lowest BCUT2D eigenvalue weighted by Crippen LogP contribution is -2.45. The van der Waals surface area contributed by atoms with Gasteiger partial charge in [0, 0.05) is 6.54 Å². The van der Waals surface area contributed by atoms with E-state index >= 15 is 0 Å². The molecule has 5 heteroatoms. The number of fused-ring (bicyclic) bond motifs is 1. The Morgan fingerprint density at radius 1 is 1.16 bits per heavy atom. The summed E-state index contributed by atoms with van der Waals surface area (Å²) < 4.78 is 17.2. The van der Waals surface area contributed by atoms with E-state index in [1.165, 1.54) is 0 Å². The lowest BCUT2D eigenvalue weighted by Gasteiger charge is -2.30. The van der Waals surface area contributed by atoms with Gasteiger partial charge in [0.1, 0.15) is 12.4 Å². The van der Waals surface area contributed by atoms with Gasteiger partial charge in [0.25, 0.3) is 5.91 Å². The van der Waals surface area contributed by atoms with Crippen LogP contribution in [0.5, 0.6) is 17.2 Å². The van der Waals surface area contributed by atoms with Crippen molar-refractivity contribution in [2.75, 3.05) is 26.3 Å². The highest BCUT2D eigenvalue weighted by Gasteiger charge is 2.24. The fraction of sp³-hybridized carbons (Fsp3) is 0.350. The number of carbonyl (C=O) groups excluding carboxylic acids is 1. The molecule has 132 valence electrons. The highest BCUT2D eigenvalue weighted by molar-refractivity contribution is 5.77. The summed E-state index contributed by atoms with van der Waals surface area (Å²) in [5.74, 6) is 2.10. The topological polar surface area (TPSA) is 48.0 Å². The molecule has 0 spiro atoms. The molecule has 5 nitrogen and oxygen atoms in total. The molecule has 3 rings (SSSR count). The predicted molar refractivity (Wildman–Crippen MR) is 95.3 cm³/mol. The first-order valence-corrected chi connectivity index (χ1v) is 8.51. The first kappa shape index (κ1) is 17.1. The maximum atomic E-state index is 12.4. The molecule has 25 heavy (non-hydrogen) atoms. The number of carbonyl (C=O) groups is 1. The van der Waals surface area contributed by atoms with Crippen LogP contribution in [0, 0.1) is 6.92 Å². The molecule has 1 aliphatic rings. The van der Waals surface area contributed by atoms with Gasteiger partial charge in [-0.15, -0.1) is 0 Å². The lowest BCUT2D eigenvalue weighted by atomic mass is 10.2. The first-order chi connectivity index (χ1) is 12.2. The van der Waals surface area contributed by atoms with E-state index in [2.05, 4.69) is 0 Å². The van der Waals surface area contributed by atoms with Crippen LogP contribution in [0.4, 0.5) is 0 Å². The van der Waals surface area contributed by atoms with Crippen molar-refractivity contribution in [1.82, 2.24) is 4.90 Å². The second-order valence-electron chi connectivity index (χ2n) is 6.03. The third-order valence-electron chi connectivity index (χ3n) is 4.11. The third kappa shape index (κ3) is 4.44. The summed E-state index contributed by atoms with van der Waals surface area (Å²) in [4.78, 5) is 14.2. The number of para-hydroxylation sites is 2. The zero-order valence-electron chi connectivity index (χ0n) is 14.6. The van der Waals surface area contributed by atoms with Crippen LogP contribution >= 0.6 is 0 Å². The largest absolute Gasteiger partial charge is 0.486 e. The third-order valence-corrected chi connectivity index (χ3v) is 4.11. The highest BCUT2D eigenvalue weighted by Crippen LogP contribution is 2.31. The number of likely N-dealkylation sites (N-methyl/N-ethyl adjacent to an activating group) is 1. The van der Waals surface area contributed by atoms with Crippen molar-refractivity contribution in [1.29, 1.82) is 0 Å². The molecule has 1 amide bonds. The van der Waals surface area contributed by atoms with E-state index in [0.717, 1.165) is 17.1 Å². The number of benzene rings is 2. The number of hydrogen-bond acceptors (Lipinski definition) is 4. The van der Waals surface area contributed by atoms with Crippen LogP contribution in [0.25, 0.3) is 0 Å². The molecular weight excluding hydrogens is 318 g/mol. The summed E-state index contributed by atoms with van der Waals surface area (Å²) in [5, 5.41) is 0. The monoisotopic (exact) mass is 341 g/mol. The number of nitrogens with zero attached hydrogens (tertiary/aromatic N) is 1. The highest BCUT2D eigenvalue weighted by atomic mass is 16.6. The Bertz CT molecular complexity index is 714. The van der Waals surface area contributed by atoms with Crippen molar-refractivity contribution in [2.45, 2.75) is 20.0 Å². The summed E-state index contributed by atoms with van der Waals surface area (Å²) in [6, 6.07) is 15.2. The van der Waals surface area contributed by atoms with E-state index in [4.69, 9.17) is 14.2 Å². The molecule has 1 atom stereocenters. The first-order valence-electron chi connectivity index (χ1n) is 8.51. The minimum atomic E-state index is -0.182. The molecule has 1 aliphatic heterocycles. The van der Waals surface area contributed by atoms with Crippen LogP contribution in [0.1, 0.15) is 12.5 Å². The summed E-state index contributed by atoms with van der Waals surface area (Å²) in [7, 11) is 0. The van der Waals surface area contributed by atoms with Gasteiger partial charge in [-0.2, -0.15) is 0 Å². The number of amides is 1. The van der Waals surface area contributed by atoms with Gasteiger partial charge in [0.15, 0.2) is 24.2 Å². The molecule has 0 bridgehead atoms. The molecule has 0 aromatic heterocycles. The summed E-state index contributed by atoms with van der Waals surface area (Å²) >= 11 is 0. The minimum absolute atomic E-state index is 0.0149. The van der Waals surface area contributed by atoms with Crippen LogP contribution < -0.4 is 14.2 Å². The molecule has 0 saturated carbocycles. The summed E-state index contributed by atoms with van der Waals surface area (Å²) in [5.41, 5.74) is 1.16. The van der Waals surface area contributed by atoms with Crippen molar-refractivity contribution in [3.63, 3.8) is 0 Å². The fourth-order valence-electron chi connectivity index (χ4n) is 2.68. The van der Waals surface area contributed by atoms with Crippen LogP contribution in [-0.2, 0) is 4.79 Å². The molecule has 0 saturated heterocycles. The minimum Gasteiger partial charge on any atom is -0.486 e. The maximum Gasteiger partial charge on any atom is 0.260 e. The quantitative estimate of drug-likeness (QED) is 0.810. The molecule has 2 aromatic rings. The zero-order chi connectivity index (χ0) is 17.6. The Balaban J connectivity index is 1.53. The standard InChI is InChI=1S/C20H23NO4/c1-3-21(20(22)14-23-16-10-8-15(2)9-11-16)12-17-13-24-18-6-4-5-7-19(18)25-17/h4-11,17H,3,12-14H2,1-2H3. The van der Waals surface area contributed by atoms with Crippen LogP contribution in [-0.4, -0.2) is 43.2 Å². The number of aryl methyl sites for hydroxylation is 1. The normalized spacial score (nSPS) is 15.5. The Hall–Kier alpha value is -2.69. The Morgan fingerprint density at radius 3 is 2.60 bits per heavy atom. The van der Waals surface area contributed by atoms with E-state index < -0.39 is 0 Å². The van der Waals surface area contributed by atoms with Crippen molar-refractivity contribution in [2.24, 2.45) is 0 Å². The Labute approximate surface area is 148 Å². The van der Waals surface area contributed by atoms with Gasteiger partial charge in [-0.05, 0) is 38.1 Å². The van der Waals surface area contributed by atoms with Gasteiger partial charge < -0.3 is 19.1 Å². The zero-order valence-corrected chi connectivity index (χ0v) is 14.6. The average Bonchev–Trinajstić information content (AvgIpc) is 2.65. The van der Waals surface area contributed by atoms with Crippen molar-refractivity contribution in [3.8, 4) is 17.2 Å². The van der Waals surface area contributed by atoms with Gasteiger partial charge >= 0.3 is 0 Å². The summed E-state index contributed by atoms with van der Waals surface area (Å²) in [6.45, 7) is 5.47. The molecule has 2 aromatic carbocycles. The Kier molecular flexibility index (Phi) is 5.43. The van der Waals surface area contributed by atoms with E-state index in [1.807, 2.05) is 62.4 Å². The van der Waals surface area contributed by atoms with E-state index in [9.17, 15) is 4.79 Å². The van der Waals surface area contributed by atoms with Crippen LogP contribution in [0.2, 0.25) is 0 Å².